The minimum Gasteiger partial charge on any atom is -0.407 e. The molecule has 0 radical (unpaired) electrons. The Bertz CT molecular complexity index is 178. The topological polar surface area (TPSA) is 26.3 Å². The van der Waals surface area contributed by atoms with Gasteiger partial charge in [-0.05, 0) is 23.5 Å². The summed E-state index contributed by atoms with van der Waals surface area (Å²) in [6.07, 6.45) is 0.651. The molecule has 0 aliphatic heterocycles. The maximum absolute atomic E-state index is 10.7. The molecule has 90 valence electrons. The van der Waals surface area contributed by atoms with E-state index in [1.165, 1.54) is 0 Å². The van der Waals surface area contributed by atoms with Crippen molar-refractivity contribution in [2.75, 3.05) is 0 Å². The fraction of sp³-hybridized carbons (Fsp3) is 0.917. The summed E-state index contributed by atoms with van der Waals surface area (Å²) in [5, 5.41) is 0. The minimum atomic E-state index is -1.84. The highest BCUT2D eigenvalue weighted by atomic mass is 28.4. The molecular weight excluding hydrogens is 204 g/mol. The van der Waals surface area contributed by atoms with Crippen LogP contribution in [0.15, 0.2) is 0 Å². The van der Waals surface area contributed by atoms with Crippen molar-refractivity contribution >= 4 is 14.6 Å². The second-order valence-corrected chi connectivity index (χ2v) is 10.7. The number of hydrogen-bond acceptors (Lipinski definition) is 2. The maximum Gasteiger partial charge on any atom is 0.201 e. The Morgan fingerprint density at radius 2 is 1.20 bits per heavy atom. The van der Waals surface area contributed by atoms with E-state index in [1.807, 2.05) is 6.92 Å². The molecule has 0 bridgehead atoms. The van der Waals surface area contributed by atoms with Crippen LogP contribution in [0.1, 0.15) is 48.5 Å². The Morgan fingerprint density at radius 3 is 1.40 bits per heavy atom. The average Bonchev–Trinajstić information content (AvgIpc) is 2.11. The van der Waals surface area contributed by atoms with Crippen LogP contribution < -0.4 is 0 Å². The molecule has 0 aliphatic rings. The Labute approximate surface area is 95.5 Å². The van der Waals surface area contributed by atoms with Crippen LogP contribution in [0.2, 0.25) is 16.6 Å². The third-order valence-electron chi connectivity index (χ3n) is 3.29. The van der Waals surface area contributed by atoms with Gasteiger partial charge in [-0.2, -0.15) is 0 Å². The van der Waals surface area contributed by atoms with Gasteiger partial charge >= 0.3 is 0 Å². The van der Waals surface area contributed by atoms with Gasteiger partial charge in [0.2, 0.25) is 8.32 Å². The van der Waals surface area contributed by atoms with E-state index in [4.69, 9.17) is 4.43 Å². The van der Waals surface area contributed by atoms with Gasteiger partial charge in [0.05, 0.1) is 6.10 Å². The van der Waals surface area contributed by atoms with Crippen LogP contribution in [0.3, 0.4) is 0 Å². The second kappa shape index (κ2) is 5.80. The highest BCUT2D eigenvalue weighted by Crippen LogP contribution is 2.42. The first kappa shape index (κ1) is 14.8. The zero-order chi connectivity index (χ0) is 12.2. The molecular formula is C12H26O2Si. The predicted molar refractivity (Wildman–Crippen MR) is 67.7 cm³/mol. The summed E-state index contributed by atoms with van der Waals surface area (Å²) in [5.74, 6) is 0. The summed E-state index contributed by atoms with van der Waals surface area (Å²) in [4.78, 5) is 10.7. The SMILES string of the molecule is CC(C)[Si](O[C@H](C)C=O)(C(C)C)C(C)C. The third kappa shape index (κ3) is 3.15. The molecule has 0 saturated heterocycles. The van der Waals surface area contributed by atoms with Gasteiger partial charge in [-0.15, -0.1) is 0 Å². The summed E-state index contributed by atoms with van der Waals surface area (Å²) >= 11 is 0. The Hall–Kier alpha value is -0.153. The maximum atomic E-state index is 10.7. The van der Waals surface area contributed by atoms with Gasteiger partial charge in [-0.3, -0.25) is 0 Å². The van der Waals surface area contributed by atoms with Gasteiger partial charge in [0.15, 0.2) is 0 Å². The monoisotopic (exact) mass is 230 g/mol. The fourth-order valence-electron chi connectivity index (χ4n) is 2.76. The van der Waals surface area contributed by atoms with Crippen LogP contribution in [0.5, 0.6) is 0 Å². The molecule has 3 heteroatoms. The van der Waals surface area contributed by atoms with E-state index in [-0.39, 0.29) is 6.10 Å². The van der Waals surface area contributed by atoms with Crippen molar-refractivity contribution in [1.29, 1.82) is 0 Å². The summed E-state index contributed by atoms with van der Waals surface area (Å²) < 4.78 is 6.14. The molecule has 2 nitrogen and oxygen atoms in total. The lowest BCUT2D eigenvalue weighted by molar-refractivity contribution is -0.113. The molecule has 1 atom stereocenters. The fourth-order valence-corrected chi connectivity index (χ4v) is 8.27. The Kier molecular flexibility index (Phi) is 5.74. The van der Waals surface area contributed by atoms with E-state index in [1.54, 1.807) is 0 Å². The zero-order valence-electron chi connectivity index (χ0n) is 11.2. The molecule has 0 aromatic heterocycles. The molecule has 0 saturated carbocycles. The zero-order valence-corrected chi connectivity index (χ0v) is 12.2. The quantitative estimate of drug-likeness (QED) is 0.513. The van der Waals surface area contributed by atoms with Crippen LogP contribution in [0.4, 0.5) is 0 Å². The standard InChI is InChI=1S/C12H26O2Si/c1-9(2)15(10(3)4,11(5)6)14-12(7)8-13/h8-12H,1-7H3/t12-/m1/s1. The summed E-state index contributed by atoms with van der Waals surface area (Å²) in [5.41, 5.74) is 1.62. The molecule has 0 amide bonds. The molecule has 0 fully saturated rings. The number of rotatable bonds is 6. The van der Waals surface area contributed by atoms with E-state index in [0.717, 1.165) is 6.29 Å². The van der Waals surface area contributed by atoms with Crippen molar-refractivity contribution < 1.29 is 9.22 Å². The van der Waals surface area contributed by atoms with E-state index < -0.39 is 8.32 Å². The smallest absolute Gasteiger partial charge is 0.201 e. The summed E-state index contributed by atoms with van der Waals surface area (Å²) in [7, 11) is -1.84. The molecule has 15 heavy (non-hydrogen) atoms. The summed E-state index contributed by atoms with van der Waals surface area (Å²) in [6.45, 7) is 15.2. The Morgan fingerprint density at radius 1 is 0.867 bits per heavy atom. The van der Waals surface area contributed by atoms with Crippen molar-refractivity contribution in [2.45, 2.75) is 71.2 Å². The lowest BCUT2D eigenvalue weighted by Crippen LogP contribution is -2.50. The van der Waals surface area contributed by atoms with Crippen LogP contribution in [-0.4, -0.2) is 20.7 Å². The van der Waals surface area contributed by atoms with Gasteiger partial charge in [-0.1, -0.05) is 41.5 Å². The summed E-state index contributed by atoms with van der Waals surface area (Å²) in [6, 6.07) is 0. The molecule has 0 aromatic rings. The molecule has 0 spiro atoms. The highest BCUT2D eigenvalue weighted by Gasteiger charge is 2.45. The van der Waals surface area contributed by atoms with Crippen LogP contribution in [-0.2, 0) is 9.22 Å². The van der Waals surface area contributed by atoms with Crippen molar-refractivity contribution in [3.05, 3.63) is 0 Å². The number of carbonyl (C=O) groups is 1. The first-order valence-electron chi connectivity index (χ1n) is 5.92. The first-order chi connectivity index (χ1) is 6.78. The molecule has 0 aliphatic carbocycles. The van der Waals surface area contributed by atoms with Gasteiger partial charge < -0.3 is 9.22 Å². The van der Waals surface area contributed by atoms with Gasteiger partial charge in [0.1, 0.15) is 6.29 Å². The predicted octanol–water partition coefficient (Wildman–Crippen LogP) is 3.77. The van der Waals surface area contributed by atoms with Gasteiger partial charge in [0, 0.05) is 0 Å². The lowest BCUT2D eigenvalue weighted by atomic mass is 10.5. The van der Waals surface area contributed by atoms with E-state index in [9.17, 15) is 4.79 Å². The van der Waals surface area contributed by atoms with Crippen molar-refractivity contribution in [3.63, 3.8) is 0 Å². The van der Waals surface area contributed by atoms with Gasteiger partial charge in [-0.25, -0.2) is 0 Å². The number of hydrogen-bond donors (Lipinski definition) is 0. The van der Waals surface area contributed by atoms with Crippen LogP contribution >= 0.6 is 0 Å². The highest BCUT2D eigenvalue weighted by molar-refractivity contribution is 6.77. The van der Waals surface area contributed by atoms with E-state index in [2.05, 4.69) is 41.5 Å². The first-order valence-corrected chi connectivity index (χ1v) is 8.06. The van der Waals surface area contributed by atoms with Crippen LogP contribution in [0.25, 0.3) is 0 Å². The normalized spacial score (nSPS) is 15.1. The van der Waals surface area contributed by atoms with Crippen molar-refractivity contribution in [2.24, 2.45) is 0 Å². The van der Waals surface area contributed by atoms with Crippen molar-refractivity contribution in [3.8, 4) is 0 Å². The van der Waals surface area contributed by atoms with Crippen molar-refractivity contribution in [1.82, 2.24) is 0 Å². The number of aldehydes is 1. The second-order valence-electron chi connectivity index (χ2n) is 5.28. The lowest BCUT2D eigenvalue weighted by Gasteiger charge is -2.43. The molecule has 0 aromatic carbocycles. The minimum absolute atomic E-state index is 0.260. The van der Waals surface area contributed by atoms with Gasteiger partial charge in [0.25, 0.3) is 0 Å². The Balaban J connectivity index is 5.04. The largest absolute Gasteiger partial charge is 0.407 e. The molecule has 0 rings (SSSR count). The van der Waals surface area contributed by atoms with E-state index in [0.29, 0.717) is 16.6 Å². The van der Waals surface area contributed by atoms with E-state index >= 15 is 0 Å². The molecule has 0 heterocycles. The number of carbonyl (C=O) groups excluding carboxylic acids is 1. The third-order valence-corrected chi connectivity index (χ3v) is 9.48. The average molecular weight is 230 g/mol. The molecule has 0 unspecified atom stereocenters. The molecule has 0 N–H and O–H groups in total. The van der Waals surface area contributed by atoms with Crippen LogP contribution in [0, 0.1) is 0 Å².